The number of nitrogens with one attached hydrogen (secondary N) is 1. The van der Waals surface area contributed by atoms with Gasteiger partial charge < -0.3 is 10.2 Å². The molecule has 1 aliphatic rings. The number of halogens is 1. The first-order valence-electron chi connectivity index (χ1n) is 4.20. The van der Waals surface area contributed by atoms with E-state index in [0.717, 1.165) is 32.0 Å². The lowest BCUT2D eigenvalue weighted by Gasteiger charge is -2.27. The van der Waals surface area contributed by atoms with Gasteiger partial charge in [0.15, 0.2) is 5.82 Å². The van der Waals surface area contributed by atoms with Gasteiger partial charge in [-0.3, -0.25) is 0 Å². The molecule has 0 atom stereocenters. The molecule has 13 heavy (non-hydrogen) atoms. The van der Waals surface area contributed by atoms with Crippen molar-refractivity contribution in [2.75, 3.05) is 31.1 Å². The number of aromatic nitrogens is 2. The topological polar surface area (TPSA) is 41.1 Å². The Morgan fingerprint density at radius 2 is 2.08 bits per heavy atom. The van der Waals surface area contributed by atoms with Crippen molar-refractivity contribution >= 4 is 18.2 Å². The highest BCUT2D eigenvalue weighted by Gasteiger charge is 2.10. The summed E-state index contributed by atoms with van der Waals surface area (Å²) in [7, 11) is 0. The van der Waals surface area contributed by atoms with Crippen molar-refractivity contribution in [2.45, 2.75) is 0 Å². The van der Waals surface area contributed by atoms with E-state index in [-0.39, 0.29) is 12.4 Å². The molecular weight excluding hydrogens is 188 g/mol. The Morgan fingerprint density at radius 1 is 1.31 bits per heavy atom. The summed E-state index contributed by atoms with van der Waals surface area (Å²) in [4.78, 5) is 2.24. The maximum absolute atomic E-state index is 4.05. The van der Waals surface area contributed by atoms with Gasteiger partial charge in [-0.15, -0.1) is 17.5 Å². The molecule has 0 spiro atoms. The molecule has 0 amide bonds. The van der Waals surface area contributed by atoms with E-state index in [2.05, 4.69) is 20.4 Å². The van der Waals surface area contributed by atoms with E-state index in [1.807, 2.05) is 12.1 Å². The molecule has 2 rings (SSSR count). The smallest absolute Gasteiger partial charge is 0.151 e. The standard InChI is InChI=1S/C8H12N4.ClH/c1-2-8(11-10-3-1)12-6-4-9-5-7-12;/h1-3,9H,4-7H2;1H. The number of hydrogen-bond donors (Lipinski definition) is 1. The second kappa shape index (κ2) is 4.99. The Hall–Kier alpha value is -0.870. The van der Waals surface area contributed by atoms with E-state index in [1.165, 1.54) is 0 Å². The first-order valence-corrected chi connectivity index (χ1v) is 4.20. The Balaban J connectivity index is 0.000000845. The second-order valence-corrected chi connectivity index (χ2v) is 2.82. The zero-order chi connectivity index (χ0) is 8.23. The van der Waals surface area contributed by atoms with Gasteiger partial charge in [0, 0.05) is 32.4 Å². The van der Waals surface area contributed by atoms with Crippen LogP contribution >= 0.6 is 12.4 Å². The summed E-state index contributed by atoms with van der Waals surface area (Å²) in [6, 6.07) is 3.92. The van der Waals surface area contributed by atoms with Gasteiger partial charge in [0.05, 0.1) is 0 Å². The van der Waals surface area contributed by atoms with Gasteiger partial charge >= 0.3 is 0 Å². The molecule has 0 bridgehead atoms. The summed E-state index contributed by atoms with van der Waals surface area (Å²) in [5.74, 6) is 0.985. The lowest BCUT2D eigenvalue weighted by Crippen LogP contribution is -2.43. The normalized spacial score (nSPS) is 16.5. The van der Waals surface area contributed by atoms with Crippen molar-refractivity contribution in [1.29, 1.82) is 0 Å². The van der Waals surface area contributed by atoms with Crippen LogP contribution in [-0.4, -0.2) is 36.4 Å². The van der Waals surface area contributed by atoms with Crippen LogP contribution in [-0.2, 0) is 0 Å². The molecule has 1 saturated heterocycles. The predicted molar refractivity (Wildman–Crippen MR) is 54.4 cm³/mol. The van der Waals surface area contributed by atoms with Gasteiger partial charge in [0.2, 0.25) is 0 Å². The minimum atomic E-state index is 0. The SMILES string of the molecule is Cl.c1cnnc(N2CCNCC2)c1. The van der Waals surface area contributed by atoms with Crippen LogP contribution in [0.5, 0.6) is 0 Å². The van der Waals surface area contributed by atoms with E-state index in [1.54, 1.807) is 6.20 Å². The van der Waals surface area contributed by atoms with Crippen LogP contribution in [0.15, 0.2) is 18.3 Å². The van der Waals surface area contributed by atoms with Crippen LogP contribution in [0.4, 0.5) is 5.82 Å². The number of rotatable bonds is 1. The molecule has 1 aromatic heterocycles. The molecule has 0 aromatic carbocycles. The van der Waals surface area contributed by atoms with Crippen LogP contribution in [0.25, 0.3) is 0 Å². The molecule has 5 heteroatoms. The third-order valence-corrected chi connectivity index (χ3v) is 2.00. The fourth-order valence-electron chi connectivity index (χ4n) is 1.36. The highest BCUT2D eigenvalue weighted by Crippen LogP contribution is 2.07. The fraction of sp³-hybridized carbons (Fsp3) is 0.500. The summed E-state index contributed by atoms with van der Waals surface area (Å²) < 4.78 is 0. The number of nitrogens with zero attached hydrogens (tertiary/aromatic N) is 3. The van der Waals surface area contributed by atoms with Crippen molar-refractivity contribution in [1.82, 2.24) is 15.5 Å². The maximum atomic E-state index is 4.05. The van der Waals surface area contributed by atoms with Crippen LogP contribution in [0.3, 0.4) is 0 Å². The minimum absolute atomic E-state index is 0. The van der Waals surface area contributed by atoms with Crippen molar-refractivity contribution in [3.05, 3.63) is 18.3 Å². The lowest BCUT2D eigenvalue weighted by atomic mass is 10.3. The van der Waals surface area contributed by atoms with Crippen LogP contribution in [0.1, 0.15) is 0 Å². The summed E-state index contributed by atoms with van der Waals surface area (Å²) in [5.41, 5.74) is 0. The average molecular weight is 201 g/mol. The number of anilines is 1. The summed E-state index contributed by atoms with van der Waals surface area (Å²) in [6.07, 6.45) is 1.70. The molecule has 0 radical (unpaired) electrons. The highest BCUT2D eigenvalue weighted by molar-refractivity contribution is 5.85. The zero-order valence-electron chi connectivity index (χ0n) is 7.31. The Morgan fingerprint density at radius 3 is 2.69 bits per heavy atom. The quantitative estimate of drug-likeness (QED) is 0.709. The minimum Gasteiger partial charge on any atom is -0.353 e. The first kappa shape index (κ1) is 10.2. The largest absolute Gasteiger partial charge is 0.353 e. The monoisotopic (exact) mass is 200 g/mol. The molecule has 0 saturated carbocycles. The van der Waals surface area contributed by atoms with E-state index < -0.39 is 0 Å². The molecule has 1 aliphatic heterocycles. The van der Waals surface area contributed by atoms with Crippen LogP contribution < -0.4 is 10.2 Å². The predicted octanol–water partition coefficient (Wildman–Crippen LogP) is 0.308. The Bertz CT molecular complexity index is 235. The summed E-state index contributed by atoms with van der Waals surface area (Å²) >= 11 is 0. The summed E-state index contributed by atoms with van der Waals surface area (Å²) in [6.45, 7) is 4.13. The number of hydrogen-bond acceptors (Lipinski definition) is 4. The maximum Gasteiger partial charge on any atom is 0.151 e. The van der Waals surface area contributed by atoms with E-state index in [9.17, 15) is 0 Å². The first-order chi connectivity index (χ1) is 5.97. The fourth-order valence-corrected chi connectivity index (χ4v) is 1.36. The Labute approximate surface area is 83.8 Å². The van der Waals surface area contributed by atoms with Gasteiger partial charge in [-0.25, -0.2) is 0 Å². The molecular formula is C8H13ClN4. The van der Waals surface area contributed by atoms with Crippen LogP contribution in [0.2, 0.25) is 0 Å². The van der Waals surface area contributed by atoms with Crippen molar-refractivity contribution < 1.29 is 0 Å². The van der Waals surface area contributed by atoms with E-state index >= 15 is 0 Å². The van der Waals surface area contributed by atoms with E-state index in [0.29, 0.717) is 0 Å². The van der Waals surface area contributed by atoms with Crippen molar-refractivity contribution in [3.63, 3.8) is 0 Å². The van der Waals surface area contributed by atoms with Gasteiger partial charge in [0.1, 0.15) is 0 Å². The molecule has 2 heterocycles. The van der Waals surface area contributed by atoms with Crippen LogP contribution in [0, 0.1) is 0 Å². The van der Waals surface area contributed by atoms with Gasteiger partial charge in [-0.1, -0.05) is 0 Å². The second-order valence-electron chi connectivity index (χ2n) is 2.82. The Kier molecular flexibility index (Phi) is 3.92. The van der Waals surface area contributed by atoms with Gasteiger partial charge in [-0.2, -0.15) is 5.10 Å². The van der Waals surface area contributed by atoms with E-state index in [4.69, 9.17) is 0 Å². The van der Waals surface area contributed by atoms with Crippen molar-refractivity contribution in [2.24, 2.45) is 0 Å². The zero-order valence-corrected chi connectivity index (χ0v) is 8.13. The third-order valence-electron chi connectivity index (χ3n) is 2.00. The molecule has 1 fully saturated rings. The molecule has 4 nitrogen and oxygen atoms in total. The van der Waals surface area contributed by atoms with Crippen molar-refractivity contribution in [3.8, 4) is 0 Å². The van der Waals surface area contributed by atoms with Gasteiger partial charge in [-0.05, 0) is 12.1 Å². The molecule has 0 unspecified atom stereocenters. The highest BCUT2D eigenvalue weighted by atomic mass is 35.5. The molecule has 1 N–H and O–H groups in total. The van der Waals surface area contributed by atoms with Gasteiger partial charge in [0.25, 0.3) is 0 Å². The molecule has 72 valence electrons. The average Bonchev–Trinajstić information content (AvgIpc) is 2.21. The molecule has 0 aliphatic carbocycles. The third kappa shape index (κ3) is 2.54. The lowest BCUT2D eigenvalue weighted by molar-refractivity contribution is 0.582. The summed E-state index contributed by atoms with van der Waals surface area (Å²) in [5, 5.41) is 11.2. The molecule has 1 aromatic rings. The number of piperazine rings is 1.